The number of hydrogen-bond acceptors (Lipinski definition) is 3. The van der Waals surface area contributed by atoms with Gasteiger partial charge in [0.15, 0.2) is 0 Å². The minimum Gasteiger partial charge on any atom is -0.361 e. The Balaban J connectivity index is 2.07. The van der Waals surface area contributed by atoms with Crippen LogP contribution in [-0.2, 0) is 5.72 Å². The molecule has 1 unspecified atom stereocenters. The number of amides is 1. The van der Waals surface area contributed by atoms with Gasteiger partial charge < -0.3 is 10.0 Å². The van der Waals surface area contributed by atoms with E-state index in [-0.39, 0.29) is 29.4 Å². The normalized spacial score (nSPS) is 19.8. The smallest absolute Gasteiger partial charge is 0.349 e. The first-order valence-electron chi connectivity index (χ1n) is 7.78. The number of hydrogen-bond donors (Lipinski definition) is 1. The van der Waals surface area contributed by atoms with Gasteiger partial charge in [-0.25, -0.2) is 0 Å². The highest BCUT2D eigenvalue weighted by atomic mass is 32.2. The highest BCUT2D eigenvalue weighted by Gasteiger charge is 2.64. The molecule has 0 aromatic heterocycles. The van der Waals surface area contributed by atoms with E-state index in [0.29, 0.717) is 11.3 Å². The number of benzene rings is 2. The van der Waals surface area contributed by atoms with E-state index >= 15 is 8.78 Å². The van der Waals surface area contributed by atoms with E-state index in [2.05, 4.69) is 6.58 Å². The SMILES string of the molecule is C=CCCN1C(=O)c2ccccc2C1(O)C(F)(F)Sc1ccccc1. The van der Waals surface area contributed by atoms with Crippen LogP contribution in [0.3, 0.4) is 0 Å². The monoisotopic (exact) mass is 361 g/mol. The van der Waals surface area contributed by atoms with Gasteiger partial charge in [-0.2, -0.15) is 8.78 Å². The molecule has 0 saturated heterocycles. The molecule has 3 rings (SSSR count). The highest BCUT2D eigenvalue weighted by molar-refractivity contribution is 8.00. The number of aliphatic hydroxyl groups is 1. The lowest BCUT2D eigenvalue weighted by atomic mass is 10.0. The number of fused-ring (bicyclic) bond motifs is 1. The van der Waals surface area contributed by atoms with E-state index in [1.165, 1.54) is 24.3 Å². The first-order chi connectivity index (χ1) is 11.9. The summed E-state index contributed by atoms with van der Waals surface area (Å²) in [5, 5.41) is 7.45. The van der Waals surface area contributed by atoms with Gasteiger partial charge in [0, 0.05) is 22.6 Å². The van der Waals surface area contributed by atoms with E-state index in [1.807, 2.05) is 0 Å². The maximum atomic E-state index is 15.2. The molecule has 3 nitrogen and oxygen atoms in total. The summed E-state index contributed by atoms with van der Waals surface area (Å²) in [7, 11) is 0. The number of carbonyl (C=O) groups excluding carboxylic acids is 1. The minimum atomic E-state index is -3.64. The van der Waals surface area contributed by atoms with Gasteiger partial charge >= 0.3 is 5.25 Å². The third-order valence-corrected chi connectivity index (χ3v) is 5.17. The van der Waals surface area contributed by atoms with Crippen molar-refractivity contribution in [1.82, 2.24) is 4.90 Å². The van der Waals surface area contributed by atoms with Crippen molar-refractivity contribution in [2.45, 2.75) is 22.3 Å². The van der Waals surface area contributed by atoms with Gasteiger partial charge in [-0.1, -0.05) is 42.5 Å². The van der Waals surface area contributed by atoms with E-state index in [4.69, 9.17) is 0 Å². The van der Waals surface area contributed by atoms with Crippen molar-refractivity contribution in [3.63, 3.8) is 0 Å². The fourth-order valence-electron chi connectivity index (χ4n) is 2.92. The summed E-state index contributed by atoms with van der Waals surface area (Å²) in [6.07, 6.45) is 1.83. The molecule has 1 aliphatic heterocycles. The van der Waals surface area contributed by atoms with E-state index < -0.39 is 16.9 Å². The Labute approximate surface area is 149 Å². The molecule has 1 aliphatic rings. The average Bonchev–Trinajstić information content (AvgIpc) is 2.83. The number of thioether (sulfide) groups is 1. The van der Waals surface area contributed by atoms with Crippen molar-refractivity contribution in [3.8, 4) is 0 Å². The number of carbonyl (C=O) groups is 1. The average molecular weight is 361 g/mol. The molecule has 1 N–H and O–H groups in total. The van der Waals surface area contributed by atoms with Crippen LogP contribution in [0.1, 0.15) is 22.3 Å². The Morgan fingerprint density at radius 2 is 1.80 bits per heavy atom. The number of rotatable bonds is 6. The van der Waals surface area contributed by atoms with E-state index in [0.717, 1.165) is 4.90 Å². The molecule has 2 aromatic carbocycles. The third-order valence-electron chi connectivity index (χ3n) is 4.12. The fraction of sp³-hybridized carbons (Fsp3) is 0.211. The van der Waals surface area contributed by atoms with Crippen molar-refractivity contribution < 1.29 is 18.7 Å². The largest absolute Gasteiger partial charge is 0.361 e. The molecule has 1 heterocycles. The van der Waals surface area contributed by atoms with Crippen molar-refractivity contribution in [2.24, 2.45) is 0 Å². The topological polar surface area (TPSA) is 40.5 Å². The summed E-state index contributed by atoms with van der Waals surface area (Å²) in [6.45, 7) is 3.52. The molecular weight excluding hydrogens is 344 g/mol. The lowest BCUT2D eigenvalue weighted by molar-refractivity contribution is -0.197. The molecule has 130 valence electrons. The molecule has 6 heteroatoms. The van der Waals surface area contributed by atoms with Gasteiger partial charge in [0.25, 0.3) is 5.91 Å². The minimum absolute atomic E-state index is 0.0432. The zero-order chi connectivity index (χ0) is 18.1. The molecule has 1 atom stereocenters. The zero-order valence-corrected chi connectivity index (χ0v) is 14.2. The summed E-state index contributed by atoms with van der Waals surface area (Å²) in [4.78, 5) is 13.8. The molecule has 0 fully saturated rings. The lowest BCUT2D eigenvalue weighted by Gasteiger charge is -2.39. The second-order valence-electron chi connectivity index (χ2n) is 5.68. The van der Waals surface area contributed by atoms with Gasteiger partial charge in [0.2, 0.25) is 5.72 Å². The van der Waals surface area contributed by atoms with E-state index in [9.17, 15) is 9.90 Å². The Bertz CT molecular complexity index is 797. The molecule has 25 heavy (non-hydrogen) atoms. The van der Waals surface area contributed by atoms with Gasteiger partial charge in [-0.15, -0.1) is 6.58 Å². The van der Waals surface area contributed by atoms with Crippen LogP contribution in [0.15, 0.2) is 72.1 Å². The summed E-state index contributed by atoms with van der Waals surface area (Å²) < 4.78 is 30.4. The zero-order valence-electron chi connectivity index (χ0n) is 13.4. The van der Waals surface area contributed by atoms with Gasteiger partial charge in [-0.05, 0) is 36.4 Å². The summed E-state index contributed by atoms with van der Waals surface area (Å²) in [5.74, 6) is -0.603. The van der Waals surface area contributed by atoms with Crippen molar-refractivity contribution >= 4 is 17.7 Å². The van der Waals surface area contributed by atoms with E-state index in [1.54, 1.807) is 36.4 Å². The van der Waals surface area contributed by atoms with Crippen LogP contribution in [0, 0.1) is 0 Å². The number of halogens is 2. The Kier molecular flexibility index (Phi) is 4.67. The second-order valence-corrected chi connectivity index (χ2v) is 6.87. The molecule has 0 bridgehead atoms. The van der Waals surface area contributed by atoms with Crippen LogP contribution in [0.4, 0.5) is 8.78 Å². The number of nitrogens with zero attached hydrogens (tertiary/aromatic N) is 1. The first-order valence-corrected chi connectivity index (χ1v) is 8.60. The van der Waals surface area contributed by atoms with Crippen molar-refractivity contribution in [3.05, 3.63) is 78.4 Å². The van der Waals surface area contributed by atoms with Gasteiger partial charge in [0.05, 0.1) is 0 Å². The second kappa shape index (κ2) is 6.61. The first kappa shape index (κ1) is 17.6. The standard InChI is InChI=1S/C19H17F2NO2S/c1-2-3-13-22-17(23)15-11-7-8-12-16(15)18(22,24)19(20,21)25-14-9-5-4-6-10-14/h2,4-12,24H,1,3,13H2. The van der Waals surface area contributed by atoms with Crippen LogP contribution >= 0.6 is 11.8 Å². The predicted octanol–water partition coefficient (Wildman–Crippen LogP) is 4.25. The Morgan fingerprint density at radius 3 is 2.48 bits per heavy atom. The molecule has 0 spiro atoms. The van der Waals surface area contributed by atoms with Gasteiger partial charge in [-0.3, -0.25) is 4.79 Å². The molecule has 2 aromatic rings. The molecule has 0 radical (unpaired) electrons. The predicted molar refractivity (Wildman–Crippen MR) is 93.4 cm³/mol. The molecule has 0 aliphatic carbocycles. The highest BCUT2D eigenvalue weighted by Crippen LogP contribution is 2.54. The molecule has 0 saturated carbocycles. The summed E-state index contributed by atoms with van der Waals surface area (Å²) in [5.41, 5.74) is -2.69. The maximum absolute atomic E-state index is 15.2. The van der Waals surface area contributed by atoms with Gasteiger partial charge in [0.1, 0.15) is 0 Å². The maximum Gasteiger partial charge on any atom is 0.349 e. The third kappa shape index (κ3) is 2.85. The van der Waals surface area contributed by atoms with Crippen LogP contribution in [-0.4, -0.2) is 27.7 Å². The van der Waals surface area contributed by atoms with Crippen LogP contribution in [0.25, 0.3) is 0 Å². The number of alkyl halides is 2. The molecular formula is C19H17F2NO2S. The van der Waals surface area contributed by atoms with Crippen LogP contribution < -0.4 is 0 Å². The van der Waals surface area contributed by atoms with Crippen molar-refractivity contribution in [1.29, 1.82) is 0 Å². The quantitative estimate of drug-likeness (QED) is 0.618. The fourth-order valence-corrected chi connectivity index (χ4v) is 3.87. The summed E-state index contributed by atoms with van der Waals surface area (Å²) in [6, 6.07) is 14.1. The molecule has 1 amide bonds. The van der Waals surface area contributed by atoms with Crippen molar-refractivity contribution in [2.75, 3.05) is 6.54 Å². The Morgan fingerprint density at radius 1 is 1.16 bits per heavy atom. The lowest BCUT2D eigenvalue weighted by Crippen LogP contribution is -2.54. The Hall–Kier alpha value is -2.18. The summed E-state index contributed by atoms with van der Waals surface area (Å²) >= 11 is 0.242. The van der Waals surface area contributed by atoms with Crippen LogP contribution in [0.5, 0.6) is 0 Å². The van der Waals surface area contributed by atoms with Crippen LogP contribution in [0.2, 0.25) is 0 Å².